The molecule has 0 bridgehead atoms. The minimum atomic E-state index is 0.112. The van der Waals surface area contributed by atoms with Gasteiger partial charge < -0.3 is 10.2 Å². The predicted molar refractivity (Wildman–Crippen MR) is 126 cm³/mol. The zero-order chi connectivity index (χ0) is 21.5. The molecule has 2 aliphatic rings. The summed E-state index contributed by atoms with van der Waals surface area (Å²) in [5.41, 5.74) is 2.76. The topological polar surface area (TPSA) is 58.1 Å². The van der Waals surface area contributed by atoms with Crippen molar-refractivity contribution in [1.29, 1.82) is 0 Å². The number of hydrogen-bond donors (Lipinski definition) is 1. The van der Waals surface area contributed by atoms with Gasteiger partial charge in [-0.3, -0.25) is 4.79 Å². The molecule has 4 rings (SSSR count). The summed E-state index contributed by atoms with van der Waals surface area (Å²) < 4.78 is 0. The Labute approximate surface area is 189 Å². The molecule has 6 heteroatoms. The second-order valence-electron chi connectivity index (χ2n) is 8.56. The molecular weight excluding hydrogens is 404 g/mol. The number of anilines is 1. The van der Waals surface area contributed by atoms with Crippen molar-refractivity contribution in [2.24, 2.45) is 5.92 Å². The Bertz CT molecular complexity index is 904. The van der Waals surface area contributed by atoms with Crippen LogP contribution in [0, 0.1) is 12.8 Å². The van der Waals surface area contributed by atoms with Gasteiger partial charge in [-0.1, -0.05) is 41.1 Å². The maximum Gasteiger partial charge on any atom is 0.223 e. The summed E-state index contributed by atoms with van der Waals surface area (Å²) in [6, 6.07) is 12.5. The molecule has 1 aliphatic carbocycles. The molecule has 1 amide bonds. The number of rotatable bonds is 7. The van der Waals surface area contributed by atoms with E-state index in [1.807, 2.05) is 12.1 Å². The molecule has 5 nitrogen and oxygen atoms in total. The van der Waals surface area contributed by atoms with Crippen LogP contribution in [0.1, 0.15) is 50.5 Å². The zero-order valence-electron chi connectivity index (χ0n) is 18.3. The van der Waals surface area contributed by atoms with Crippen molar-refractivity contribution in [3.8, 4) is 0 Å². The van der Waals surface area contributed by atoms with Gasteiger partial charge in [-0.15, -0.1) is 10.2 Å². The fourth-order valence-corrected chi connectivity index (χ4v) is 5.18. The second-order valence-corrected chi connectivity index (χ2v) is 9.65. The number of hydrogen-bond acceptors (Lipinski definition) is 5. The highest BCUT2D eigenvalue weighted by Crippen LogP contribution is 2.28. The Morgan fingerprint density at radius 2 is 2.03 bits per heavy atom. The van der Waals surface area contributed by atoms with E-state index in [-0.39, 0.29) is 11.8 Å². The molecule has 0 unspecified atom stereocenters. The first kappa shape index (κ1) is 21.9. The van der Waals surface area contributed by atoms with E-state index in [4.69, 9.17) is 0 Å². The number of benzene rings is 1. The fraction of sp³-hybridized carbons (Fsp3) is 0.480. The van der Waals surface area contributed by atoms with Gasteiger partial charge in [0.1, 0.15) is 5.03 Å². The molecule has 1 aromatic heterocycles. The molecule has 0 spiro atoms. The Morgan fingerprint density at radius 3 is 2.74 bits per heavy atom. The highest BCUT2D eigenvalue weighted by atomic mass is 32.2. The van der Waals surface area contributed by atoms with E-state index in [0.29, 0.717) is 0 Å². The first-order valence-electron chi connectivity index (χ1n) is 11.5. The molecule has 164 valence electrons. The number of nitrogens with zero attached hydrogens (tertiary/aromatic N) is 3. The van der Waals surface area contributed by atoms with Gasteiger partial charge in [0.25, 0.3) is 0 Å². The van der Waals surface area contributed by atoms with Gasteiger partial charge in [-0.25, -0.2) is 0 Å². The fourth-order valence-electron chi connectivity index (χ4n) is 4.33. The maximum absolute atomic E-state index is 12.5. The molecule has 1 N–H and O–H groups in total. The summed E-state index contributed by atoms with van der Waals surface area (Å²) >= 11 is 1.63. The summed E-state index contributed by atoms with van der Waals surface area (Å²) in [4.78, 5) is 16.0. The van der Waals surface area contributed by atoms with Crippen LogP contribution in [0.4, 0.5) is 5.82 Å². The molecule has 2 heterocycles. The summed E-state index contributed by atoms with van der Waals surface area (Å²) in [6.07, 6.45) is 10.1. The number of nitrogens with one attached hydrogen (secondary N) is 1. The molecule has 1 aliphatic heterocycles. The average Bonchev–Trinajstić information content (AvgIpc) is 2.80. The highest BCUT2D eigenvalue weighted by Gasteiger charge is 2.25. The van der Waals surface area contributed by atoms with Crippen LogP contribution in [0.3, 0.4) is 0 Å². The van der Waals surface area contributed by atoms with E-state index in [1.165, 1.54) is 41.7 Å². The lowest BCUT2D eigenvalue weighted by Crippen LogP contribution is -2.41. The van der Waals surface area contributed by atoms with Crippen LogP contribution in [-0.2, 0) is 4.79 Å². The molecule has 0 saturated carbocycles. The van der Waals surface area contributed by atoms with Gasteiger partial charge in [0.05, 0.1) is 0 Å². The summed E-state index contributed by atoms with van der Waals surface area (Å²) in [5.74, 6) is 1.23. The third-order valence-electron chi connectivity index (χ3n) is 6.16. The third kappa shape index (κ3) is 6.33. The van der Waals surface area contributed by atoms with Crippen LogP contribution >= 0.6 is 11.8 Å². The van der Waals surface area contributed by atoms with Crippen molar-refractivity contribution in [2.75, 3.05) is 24.5 Å². The van der Waals surface area contributed by atoms with Gasteiger partial charge in [0.15, 0.2) is 5.82 Å². The Balaban J connectivity index is 1.22. The van der Waals surface area contributed by atoms with Gasteiger partial charge in [-0.05, 0) is 76.1 Å². The molecule has 1 fully saturated rings. The van der Waals surface area contributed by atoms with E-state index in [0.717, 1.165) is 49.7 Å². The van der Waals surface area contributed by atoms with Crippen LogP contribution < -0.4 is 10.2 Å². The van der Waals surface area contributed by atoms with Crippen molar-refractivity contribution < 1.29 is 4.79 Å². The highest BCUT2D eigenvalue weighted by molar-refractivity contribution is 7.99. The number of piperidine rings is 1. The van der Waals surface area contributed by atoms with Crippen molar-refractivity contribution in [3.05, 3.63) is 53.6 Å². The molecule has 1 saturated heterocycles. The molecule has 0 atom stereocenters. The standard InChI is InChI=1S/C25H32N4OS/c1-19-6-5-9-22(18-19)31-24-11-10-23(27-28-24)29-16-13-21(14-17-29)25(30)26-15-12-20-7-3-2-4-8-20/h5-7,9-11,18,21H,2-4,8,12-17H2,1H3,(H,26,30). The van der Waals surface area contributed by atoms with Crippen LogP contribution in [0.15, 0.2) is 58.0 Å². The van der Waals surface area contributed by atoms with Crippen LogP contribution in [-0.4, -0.2) is 35.7 Å². The van der Waals surface area contributed by atoms with E-state index in [2.05, 4.69) is 57.7 Å². The number of allylic oxidation sites excluding steroid dienone is 1. The predicted octanol–water partition coefficient (Wildman–Crippen LogP) is 5.16. The van der Waals surface area contributed by atoms with Crippen LogP contribution in [0.5, 0.6) is 0 Å². The van der Waals surface area contributed by atoms with E-state index in [1.54, 1.807) is 11.8 Å². The molecule has 2 aromatic rings. The maximum atomic E-state index is 12.5. The summed E-state index contributed by atoms with van der Waals surface area (Å²) in [6.45, 7) is 4.57. The average molecular weight is 437 g/mol. The number of carbonyl (C=O) groups excluding carboxylic acids is 1. The summed E-state index contributed by atoms with van der Waals surface area (Å²) in [5, 5.41) is 12.9. The quantitative estimate of drug-likeness (QED) is 0.608. The lowest BCUT2D eigenvalue weighted by molar-refractivity contribution is -0.125. The third-order valence-corrected chi connectivity index (χ3v) is 7.07. The van der Waals surface area contributed by atoms with Crippen LogP contribution in [0.25, 0.3) is 0 Å². The monoisotopic (exact) mass is 436 g/mol. The first-order chi connectivity index (χ1) is 15.2. The summed E-state index contributed by atoms with van der Waals surface area (Å²) in [7, 11) is 0. The molecular formula is C25H32N4OS. The minimum Gasteiger partial charge on any atom is -0.356 e. The van der Waals surface area contributed by atoms with Crippen LogP contribution in [0.2, 0.25) is 0 Å². The van der Waals surface area contributed by atoms with E-state index < -0.39 is 0 Å². The molecule has 0 radical (unpaired) electrons. The Hall–Kier alpha value is -2.34. The SMILES string of the molecule is Cc1cccc(Sc2ccc(N3CCC(C(=O)NCCC4=CCCCC4)CC3)nn2)c1. The largest absolute Gasteiger partial charge is 0.356 e. The van der Waals surface area contributed by atoms with Crippen molar-refractivity contribution in [3.63, 3.8) is 0 Å². The van der Waals surface area contributed by atoms with Crippen molar-refractivity contribution in [2.45, 2.75) is 61.8 Å². The van der Waals surface area contributed by atoms with Gasteiger partial charge >= 0.3 is 0 Å². The van der Waals surface area contributed by atoms with Crippen molar-refractivity contribution >= 4 is 23.5 Å². The molecule has 31 heavy (non-hydrogen) atoms. The first-order valence-corrected chi connectivity index (χ1v) is 12.3. The lowest BCUT2D eigenvalue weighted by atomic mass is 9.95. The number of carbonyl (C=O) groups is 1. The van der Waals surface area contributed by atoms with E-state index >= 15 is 0 Å². The van der Waals surface area contributed by atoms with E-state index in [9.17, 15) is 4.79 Å². The number of amides is 1. The normalized spacial score (nSPS) is 17.3. The second kappa shape index (κ2) is 10.8. The number of aromatic nitrogens is 2. The van der Waals surface area contributed by atoms with Gasteiger partial charge in [-0.2, -0.15) is 0 Å². The van der Waals surface area contributed by atoms with Crippen molar-refractivity contribution in [1.82, 2.24) is 15.5 Å². The van der Waals surface area contributed by atoms with Gasteiger partial charge in [0.2, 0.25) is 5.91 Å². The minimum absolute atomic E-state index is 0.112. The number of aryl methyl sites for hydroxylation is 1. The smallest absolute Gasteiger partial charge is 0.223 e. The van der Waals surface area contributed by atoms with Gasteiger partial charge in [0, 0.05) is 30.4 Å². The Kier molecular flexibility index (Phi) is 7.62. The zero-order valence-corrected chi connectivity index (χ0v) is 19.2. The molecule has 1 aromatic carbocycles. The lowest BCUT2D eigenvalue weighted by Gasteiger charge is -2.31. The Morgan fingerprint density at radius 1 is 1.16 bits per heavy atom.